The van der Waals surface area contributed by atoms with Crippen LogP contribution >= 0.6 is 0 Å². The summed E-state index contributed by atoms with van der Waals surface area (Å²) in [6.45, 7) is 4.82. The van der Waals surface area contributed by atoms with Gasteiger partial charge >= 0.3 is 11.9 Å². The molecule has 5 aromatic carbocycles. The van der Waals surface area contributed by atoms with Crippen LogP contribution in [0.15, 0.2) is 132 Å². The van der Waals surface area contributed by atoms with Gasteiger partial charge in [0.05, 0.1) is 36.8 Å². The second kappa shape index (κ2) is 18.6. The first-order chi connectivity index (χ1) is 24.9. The smallest absolute Gasteiger partial charge is 0.343 e. The summed E-state index contributed by atoms with van der Waals surface area (Å²) < 4.78 is 16.6. The van der Waals surface area contributed by atoms with E-state index in [1.165, 1.54) is 6.08 Å². The van der Waals surface area contributed by atoms with E-state index >= 15 is 0 Å². The number of nitrogens with zero attached hydrogens (tertiary/aromatic N) is 3. The van der Waals surface area contributed by atoms with E-state index in [1.54, 1.807) is 30.3 Å². The summed E-state index contributed by atoms with van der Waals surface area (Å²) in [6, 6.07) is 34.1. The normalized spacial score (nSPS) is 10.9. The van der Waals surface area contributed by atoms with Crippen LogP contribution in [0.4, 0.5) is 28.4 Å². The van der Waals surface area contributed by atoms with Gasteiger partial charge in [0.25, 0.3) is 0 Å². The molecule has 0 aromatic heterocycles. The van der Waals surface area contributed by atoms with Crippen molar-refractivity contribution in [3.8, 4) is 11.5 Å². The third-order valence-corrected chi connectivity index (χ3v) is 7.98. The second-order valence-electron chi connectivity index (χ2n) is 11.9. The van der Waals surface area contributed by atoms with E-state index in [0.717, 1.165) is 64.9 Å². The van der Waals surface area contributed by atoms with Gasteiger partial charge in [-0.3, -0.25) is 0 Å². The minimum atomic E-state index is -0.448. The molecule has 10 heteroatoms. The van der Waals surface area contributed by atoms with Gasteiger partial charge in [-0.2, -0.15) is 10.2 Å². The fourth-order valence-electron chi connectivity index (χ4n) is 5.16. The molecule has 0 radical (unpaired) electrons. The van der Waals surface area contributed by atoms with Crippen molar-refractivity contribution in [1.29, 1.82) is 0 Å². The van der Waals surface area contributed by atoms with E-state index in [4.69, 9.17) is 14.2 Å². The lowest BCUT2D eigenvalue weighted by Crippen LogP contribution is -2.12. The number of unbranched alkanes of at least 4 members (excludes halogenated alkanes) is 3. The van der Waals surface area contributed by atoms with E-state index in [1.807, 2.05) is 97.9 Å². The van der Waals surface area contributed by atoms with E-state index < -0.39 is 11.9 Å². The molecule has 0 aliphatic heterocycles. The number of ether oxygens (including phenoxy) is 3. The largest absolute Gasteiger partial charge is 0.494 e. The van der Waals surface area contributed by atoms with Crippen LogP contribution in [0, 0.1) is 0 Å². The quantitative estimate of drug-likeness (QED) is 0.0234. The monoisotopic (exact) mass is 685 g/mol. The lowest BCUT2D eigenvalue weighted by Gasteiger charge is -2.14. The summed E-state index contributed by atoms with van der Waals surface area (Å²) in [6.07, 6.45) is 4.76. The molecule has 0 bridgehead atoms. The van der Waals surface area contributed by atoms with Crippen molar-refractivity contribution in [2.75, 3.05) is 49.5 Å². The Morgan fingerprint density at radius 1 is 0.725 bits per heavy atom. The van der Waals surface area contributed by atoms with E-state index in [0.29, 0.717) is 36.9 Å². The molecule has 0 spiro atoms. The topological polar surface area (TPSA) is 114 Å². The Bertz CT molecular complexity index is 1920. The van der Waals surface area contributed by atoms with Crippen molar-refractivity contribution in [2.24, 2.45) is 10.2 Å². The first-order valence-corrected chi connectivity index (χ1v) is 16.9. The molecule has 0 amide bonds. The Morgan fingerprint density at radius 2 is 1.37 bits per heavy atom. The number of carbonyl (C=O) groups excluding carboxylic acids is 2. The molecule has 262 valence electrons. The number of hydrogen-bond acceptors (Lipinski definition) is 10. The number of nitrogens with one attached hydrogen (secondary N) is 2. The zero-order valence-electron chi connectivity index (χ0n) is 29.0. The van der Waals surface area contributed by atoms with Crippen molar-refractivity contribution < 1.29 is 23.8 Å². The second-order valence-corrected chi connectivity index (χ2v) is 11.9. The summed E-state index contributed by atoms with van der Waals surface area (Å²) in [5.41, 5.74) is 4.93. The van der Waals surface area contributed by atoms with Gasteiger partial charge in [-0.15, -0.1) is 0 Å². The lowest BCUT2D eigenvalue weighted by atomic mass is 10.1. The first kappa shape index (κ1) is 36.1. The molecule has 5 aromatic rings. The molecule has 0 atom stereocenters. The zero-order valence-corrected chi connectivity index (χ0v) is 29.0. The molecule has 0 fully saturated rings. The maximum atomic E-state index is 13.1. The predicted molar refractivity (Wildman–Crippen MR) is 204 cm³/mol. The van der Waals surface area contributed by atoms with Crippen molar-refractivity contribution in [3.05, 3.63) is 127 Å². The van der Waals surface area contributed by atoms with E-state index in [9.17, 15) is 9.59 Å². The summed E-state index contributed by atoms with van der Waals surface area (Å²) >= 11 is 0. The summed E-state index contributed by atoms with van der Waals surface area (Å²) in [5.74, 6) is 0.323. The number of carbonyl (C=O) groups is 2. The average Bonchev–Trinajstić information content (AvgIpc) is 3.16. The Balaban J connectivity index is 1.08. The number of benzene rings is 5. The van der Waals surface area contributed by atoms with Crippen LogP contribution < -0.4 is 25.0 Å². The molecule has 0 saturated carbocycles. The fraction of sp³-hybridized carbons (Fsp3) is 0.220. The Hall–Kier alpha value is -6.16. The molecule has 51 heavy (non-hydrogen) atoms. The highest BCUT2D eigenvalue weighted by atomic mass is 16.5. The Kier molecular flexibility index (Phi) is 13.1. The molecular formula is C41H43N5O5. The number of anilines is 3. The highest BCUT2D eigenvalue weighted by molar-refractivity contribution is 6.00. The summed E-state index contributed by atoms with van der Waals surface area (Å²) in [7, 11) is 4.00. The van der Waals surface area contributed by atoms with Crippen molar-refractivity contribution in [1.82, 2.24) is 0 Å². The van der Waals surface area contributed by atoms with Crippen LogP contribution in [0.5, 0.6) is 11.5 Å². The van der Waals surface area contributed by atoms with Crippen molar-refractivity contribution in [2.45, 2.75) is 25.7 Å². The van der Waals surface area contributed by atoms with E-state index in [2.05, 4.69) is 27.4 Å². The third-order valence-electron chi connectivity index (χ3n) is 7.98. The van der Waals surface area contributed by atoms with Crippen LogP contribution in [-0.4, -0.2) is 45.9 Å². The predicted octanol–water partition coefficient (Wildman–Crippen LogP) is 9.69. The van der Waals surface area contributed by atoms with Gasteiger partial charge in [-0.1, -0.05) is 30.8 Å². The van der Waals surface area contributed by atoms with E-state index in [-0.39, 0.29) is 0 Å². The SMILES string of the molecule is C=CC(=O)OCCCCCCOc1ccc(C(=O)Oc2ccc(NCNc3ccc(N=Nc4ccc(N(C)C)cc4)cc3)c3ccccc23)cc1. The number of azo groups is 1. The van der Waals surface area contributed by atoms with Crippen LogP contribution in [-0.2, 0) is 9.53 Å². The van der Waals surface area contributed by atoms with Gasteiger partial charge in [-0.05, 0) is 111 Å². The Morgan fingerprint density at radius 3 is 2.04 bits per heavy atom. The van der Waals surface area contributed by atoms with Crippen LogP contribution in [0.2, 0.25) is 0 Å². The molecular weight excluding hydrogens is 642 g/mol. The molecule has 0 aliphatic carbocycles. The van der Waals surface area contributed by atoms with Crippen molar-refractivity contribution >= 4 is 51.1 Å². The van der Waals surface area contributed by atoms with Crippen LogP contribution in [0.1, 0.15) is 36.0 Å². The summed E-state index contributed by atoms with van der Waals surface area (Å²) in [5, 5.41) is 17.3. The van der Waals surface area contributed by atoms with Gasteiger partial charge in [0.2, 0.25) is 0 Å². The molecule has 0 unspecified atom stereocenters. The molecule has 0 aliphatic rings. The summed E-state index contributed by atoms with van der Waals surface area (Å²) in [4.78, 5) is 26.2. The number of hydrogen-bond donors (Lipinski definition) is 2. The molecule has 10 nitrogen and oxygen atoms in total. The molecule has 5 rings (SSSR count). The minimum Gasteiger partial charge on any atom is -0.494 e. The van der Waals surface area contributed by atoms with Gasteiger partial charge < -0.3 is 29.7 Å². The Labute approximate surface area is 298 Å². The fourth-order valence-corrected chi connectivity index (χ4v) is 5.16. The van der Waals surface area contributed by atoms with Crippen LogP contribution in [0.3, 0.4) is 0 Å². The zero-order chi connectivity index (χ0) is 35.8. The van der Waals surface area contributed by atoms with Crippen molar-refractivity contribution in [3.63, 3.8) is 0 Å². The highest BCUT2D eigenvalue weighted by Crippen LogP contribution is 2.32. The lowest BCUT2D eigenvalue weighted by molar-refractivity contribution is -0.137. The van der Waals surface area contributed by atoms with Gasteiger partial charge in [-0.25, -0.2) is 9.59 Å². The maximum Gasteiger partial charge on any atom is 0.343 e. The van der Waals surface area contributed by atoms with Crippen LogP contribution in [0.25, 0.3) is 10.8 Å². The molecule has 2 N–H and O–H groups in total. The minimum absolute atomic E-state index is 0.392. The standard InChI is InChI=1S/C41H43N5O5/c1-4-40(47)50-28-10-6-5-9-27-49-35-23-13-30(14-24-35)41(48)51-39-26-25-38(36-11-7-8-12-37(36)39)43-29-42-31-15-17-32(18-16-31)44-45-33-19-21-34(22-20-33)46(2)3/h4,7-8,11-26,42-43H,1,5-6,9-10,27-29H2,2-3H3. The molecule has 0 heterocycles. The van der Waals surface area contributed by atoms with Gasteiger partial charge in [0, 0.05) is 48.0 Å². The highest BCUT2D eigenvalue weighted by Gasteiger charge is 2.13. The number of rotatable bonds is 18. The van der Waals surface area contributed by atoms with Gasteiger partial charge in [0.1, 0.15) is 11.5 Å². The third kappa shape index (κ3) is 10.9. The first-order valence-electron chi connectivity index (χ1n) is 16.9. The molecule has 0 saturated heterocycles. The maximum absolute atomic E-state index is 13.1. The number of esters is 2. The van der Waals surface area contributed by atoms with Gasteiger partial charge in [0.15, 0.2) is 0 Å². The average molecular weight is 686 g/mol. The number of fused-ring (bicyclic) bond motifs is 1.